The second-order valence-electron chi connectivity index (χ2n) is 8.13. The van der Waals surface area contributed by atoms with Gasteiger partial charge in [-0.3, -0.25) is 9.69 Å². The summed E-state index contributed by atoms with van der Waals surface area (Å²) in [5.41, 5.74) is 4.17. The van der Waals surface area contributed by atoms with Crippen molar-refractivity contribution in [2.24, 2.45) is 0 Å². The molecule has 2 aromatic rings. The lowest BCUT2D eigenvalue weighted by molar-refractivity contribution is -0.142. The predicted molar refractivity (Wildman–Crippen MR) is 120 cm³/mol. The number of ether oxygens (including phenoxy) is 1. The summed E-state index contributed by atoms with van der Waals surface area (Å²) >= 11 is 6.19. The van der Waals surface area contributed by atoms with Crippen LogP contribution in [0, 0.1) is 6.92 Å². The van der Waals surface area contributed by atoms with E-state index in [2.05, 4.69) is 11.8 Å². The number of piperazine rings is 1. The summed E-state index contributed by atoms with van der Waals surface area (Å²) in [6.45, 7) is 6.90. The molecule has 1 aliphatic heterocycles. The van der Waals surface area contributed by atoms with E-state index in [4.69, 9.17) is 21.4 Å². The second-order valence-corrected chi connectivity index (χ2v) is 8.57. The Morgan fingerprint density at radius 2 is 1.87 bits per heavy atom. The van der Waals surface area contributed by atoms with Crippen LogP contribution < -0.4 is 0 Å². The van der Waals surface area contributed by atoms with Gasteiger partial charge < -0.3 is 14.7 Å². The molecule has 1 fully saturated rings. The van der Waals surface area contributed by atoms with Gasteiger partial charge in [0.25, 0.3) is 0 Å². The minimum absolute atomic E-state index is 0.109. The third-order valence-corrected chi connectivity index (χ3v) is 5.79. The van der Waals surface area contributed by atoms with E-state index in [0.717, 1.165) is 29.8 Å². The first-order chi connectivity index (χ1) is 14.8. The van der Waals surface area contributed by atoms with Crippen LogP contribution in [-0.4, -0.2) is 59.1 Å². The molecule has 1 atom stereocenters. The van der Waals surface area contributed by atoms with Gasteiger partial charge >= 0.3 is 5.97 Å². The highest BCUT2D eigenvalue weighted by atomic mass is 35.5. The van der Waals surface area contributed by atoms with Gasteiger partial charge in [0.1, 0.15) is 6.61 Å². The van der Waals surface area contributed by atoms with Gasteiger partial charge in [-0.05, 0) is 42.7 Å². The van der Waals surface area contributed by atoms with E-state index >= 15 is 0 Å². The summed E-state index contributed by atoms with van der Waals surface area (Å²) in [4.78, 5) is 27.8. The van der Waals surface area contributed by atoms with Gasteiger partial charge in [-0.15, -0.1) is 0 Å². The first-order valence-corrected chi connectivity index (χ1v) is 10.8. The van der Waals surface area contributed by atoms with Crippen molar-refractivity contribution in [2.45, 2.75) is 39.5 Å². The Morgan fingerprint density at radius 3 is 2.55 bits per heavy atom. The van der Waals surface area contributed by atoms with Crippen LogP contribution in [-0.2, 0) is 33.9 Å². The zero-order chi connectivity index (χ0) is 22.4. The summed E-state index contributed by atoms with van der Waals surface area (Å²) in [6, 6.07) is 13.8. The maximum Gasteiger partial charge on any atom is 0.329 e. The first kappa shape index (κ1) is 23.3. The van der Waals surface area contributed by atoms with Gasteiger partial charge in [0.2, 0.25) is 5.91 Å². The van der Waals surface area contributed by atoms with E-state index < -0.39 is 5.97 Å². The molecule has 0 aromatic heterocycles. The summed E-state index contributed by atoms with van der Waals surface area (Å²) in [7, 11) is 0. The molecule has 0 saturated carbocycles. The number of aryl methyl sites for hydroxylation is 1. The minimum Gasteiger partial charge on any atom is -0.480 e. The van der Waals surface area contributed by atoms with Gasteiger partial charge in [0.05, 0.1) is 13.0 Å². The van der Waals surface area contributed by atoms with Gasteiger partial charge in [0, 0.05) is 37.2 Å². The smallest absolute Gasteiger partial charge is 0.329 e. The monoisotopic (exact) mass is 444 g/mol. The first-order valence-electron chi connectivity index (χ1n) is 10.5. The van der Waals surface area contributed by atoms with E-state index in [0.29, 0.717) is 24.5 Å². The molecule has 1 aliphatic rings. The molecule has 0 radical (unpaired) electrons. The fourth-order valence-electron chi connectivity index (χ4n) is 3.90. The highest BCUT2D eigenvalue weighted by Crippen LogP contribution is 2.21. The highest BCUT2D eigenvalue weighted by molar-refractivity contribution is 6.30. The van der Waals surface area contributed by atoms with Crippen molar-refractivity contribution < 1.29 is 19.4 Å². The van der Waals surface area contributed by atoms with Crippen molar-refractivity contribution in [1.82, 2.24) is 9.80 Å². The fraction of sp³-hybridized carbons (Fsp3) is 0.417. The SMILES string of the molecule is Cc1ccc(CC(=O)N2CCN(Cc3cc(Cl)ccc3COCC(=O)O)C[C@@H]2C)cc1. The van der Waals surface area contributed by atoms with Crippen LogP contribution in [0.2, 0.25) is 5.02 Å². The molecule has 7 heteroatoms. The Balaban J connectivity index is 1.58. The van der Waals surface area contributed by atoms with Gasteiger partial charge in [-0.25, -0.2) is 4.79 Å². The molecule has 1 saturated heterocycles. The second kappa shape index (κ2) is 10.8. The van der Waals surface area contributed by atoms with E-state index in [1.807, 2.05) is 48.2 Å². The molecule has 31 heavy (non-hydrogen) atoms. The number of halogens is 1. The standard InChI is InChI=1S/C24H29ClN2O4/c1-17-3-5-19(6-4-17)11-23(28)27-10-9-26(13-18(27)2)14-21-12-22(25)8-7-20(21)15-31-16-24(29)30/h3-8,12,18H,9-11,13-16H2,1-2H3,(H,29,30)/t18-/m0/s1. The zero-order valence-electron chi connectivity index (χ0n) is 18.0. The Morgan fingerprint density at radius 1 is 1.13 bits per heavy atom. The van der Waals surface area contributed by atoms with E-state index in [1.54, 1.807) is 6.07 Å². The summed E-state index contributed by atoms with van der Waals surface area (Å²) in [5, 5.41) is 9.42. The lowest BCUT2D eigenvalue weighted by Crippen LogP contribution is -2.54. The lowest BCUT2D eigenvalue weighted by atomic mass is 10.1. The number of hydrogen-bond acceptors (Lipinski definition) is 4. The zero-order valence-corrected chi connectivity index (χ0v) is 18.8. The highest BCUT2D eigenvalue weighted by Gasteiger charge is 2.27. The van der Waals surface area contributed by atoms with Crippen molar-refractivity contribution in [1.29, 1.82) is 0 Å². The average Bonchev–Trinajstić information content (AvgIpc) is 2.71. The Kier molecular flexibility index (Phi) is 8.07. The molecular weight excluding hydrogens is 416 g/mol. The number of nitrogens with zero attached hydrogens (tertiary/aromatic N) is 2. The number of rotatable bonds is 8. The van der Waals surface area contributed by atoms with Crippen LogP contribution in [0.1, 0.15) is 29.2 Å². The maximum atomic E-state index is 12.8. The Bertz CT molecular complexity index is 916. The van der Waals surface area contributed by atoms with Crippen LogP contribution in [0.15, 0.2) is 42.5 Å². The number of carbonyl (C=O) groups is 2. The third kappa shape index (κ3) is 6.79. The molecule has 1 heterocycles. The summed E-state index contributed by atoms with van der Waals surface area (Å²) < 4.78 is 5.27. The van der Waals surface area contributed by atoms with E-state index in [1.165, 1.54) is 5.56 Å². The van der Waals surface area contributed by atoms with Crippen molar-refractivity contribution in [3.05, 3.63) is 69.7 Å². The van der Waals surface area contributed by atoms with Crippen LogP contribution in [0.5, 0.6) is 0 Å². The number of carboxylic acids is 1. The number of hydrogen-bond donors (Lipinski definition) is 1. The van der Waals surface area contributed by atoms with Crippen molar-refractivity contribution >= 4 is 23.5 Å². The van der Waals surface area contributed by atoms with E-state index in [9.17, 15) is 9.59 Å². The van der Waals surface area contributed by atoms with Crippen molar-refractivity contribution in [3.63, 3.8) is 0 Å². The van der Waals surface area contributed by atoms with Crippen LogP contribution in [0.3, 0.4) is 0 Å². The molecule has 1 N–H and O–H groups in total. The van der Waals surface area contributed by atoms with Crippen LogP contribution in [0.25, 0.3) is 0 Å². The van der Waals surface area contributed by atoms with Gasteiger partial charge in [-0.2, -0.15) is 0 Å². The van der Waals surface area contributed by atoms with E-state index in [-0.39, 0.29) is 25.2 Å². The van der Waals surface area contributed by atoms with Crippen molar-refractivity contribution in [2.75, 3.05) is 26.2 Å². The van der Waals surface area contributed by atoms with Gasteiger partial charge in [0.15, 0.2) is 0 Å². The third-order valence-electron chi connectivity index (χ3n) is 5.55. The molecule has 0 unspecified atom stereocenters. The number of amides is 1. The quantitative estimate of drug-likeness (QED) is 0.674. The maximum absolute atomic E-state index is 12.8. The molecule has 166 valence electrons. The molecule has 3 rings (SSSR count). The van der Waals surface area contributed by atoms with Gasteiger partial charge in [-0.1, -0.05) is 47.5 Å². The molecule has 6 nitrogen and oxygen atoms in total. The largest absolute Gasteiger partial charge is 0.480 e. The summed E-state index contributed by atoms with van der Waals surface area (Å²) in [6.07, 6.45) is 0.421. The molecule has 0 spiro atoms. The predicted octanol–water partition coefficient (Wildman–Crippen LogP) is 3.53. The number of aliphatic carboxylic acids is 1. The Hall–Kier alpha value is -2.41. The molecular formula is C24H29ClN2O4. The fourth-order valence-corrected chi connectivity index (χ4v) is 4.10. The Labute approximate surface area is 188 Å². The molecule has 0 bridgehead atoms. The summed E-state index contributed by atoms with van der Waals surface area (Å²) in [5.74, 6) is -0.836. The van der Waals surface area contributed by atoms with Crippen LogP contribution in [0.4, 0.5) is 0 Å². The molecule has 0 aliphatic carbocycles. The minimum atomic E-state index is -0.990. The normalized spacial score (nSPS) is 17.0. The van der Waals surface area contributed by atoms with Crippen molar-refractivity contribution in [3.8, 4) is 0 Å². The van der Waals surface area contributed by atoms with Crippen LogP contribution >= 0.6 is 11.6 Å². The average molecular weight is 445 g/mol. The number of carbonyl (C=O) groups excluding carboxylic acids is 1. The topological polar surface area (TPSA) is 70.1 Å². The number of benzene rings is 2. The molecule has 1 amide bonds. The number of carboxylic acid groups (broad SMARTS) is 1. The molecule has 2 aromatic carbocycles. The lowest BCUT2D eigenvalue weighted by Gasteiger charge is -2.40.